The van der Waals surface area contributed by atoms with Crippen LogP contribution in [-0.2, 0) is 4.74 Å². The summed E-state index contributed by atoms with van der Waals surface area (Å²) in [5.74, 6) is 0. The highest BCUT2D eigenvalue weighted by Gasteiger charge is 2.13. The second kappa shape index (κ2) is 7.51. The van der Waals surface area contributed by atoms with Crippen LogP contribution in [0.15, 0.2) is 24.3 Å². The molecule has 0 radical (unpaired) electrons. The first-order valence-corrected chi connectivity index (χ1v) is 7.32. The fourth-order valence-electron chi connectivity index (χ4n) is 2.58. The summed E-state index contributed by atoms with van der Waals surface area (Å²) in [6.07, 6.45) is 2.56. The van der Waals surface area contributed by atoms with Crippen molar-refractivity contribution in [1.82, 2.24) is 4.90 Å². The number of rotatable bonds is 4. The molecule has 1 aliphatic heterocycles. The Morgan fingerprint density at radius 3 is 2.47 bits per heavy atom. The second-order valence-electron chi connectivity index (χ2n) is 5.36. The van der Waals surface area contributed by atoms with E-state index in [2.05, 4.69) is 41.0 Å². The van der Waals surface area contributed by atoms with Gasteiger partial charge in [-0.1, -0.05) is 17.7 Å². The average Bonchev–Trinajstić information content (AvgIpc) is 2.40. The monoisotopic (exact) mass is 262 g/mol. The largest absolute Gasteiger partial charge is 0.383 e. The van der Waals surface area contributed by atoms with Crippen molar-refractivity contribution in [2.75, 3.05) is 51.3 Å². The van der Waals surface area contributed by atoms with E-state index in [1.807, 2.05) is 0 Å². The molecule has 2 rings (SSSR count). The molecule has 0 aromatic heterocycles. The Bertz CT molecular complexity index is 362. The molecule has 19 heavy (non-hydrogen) atoms. The first-order valence-electron chi connectivity index (χ1n) is 7.32. The number of ether oxygens (including phenoxy) is 1. The van der Waals surface area contributed by atoms with Gasteiger partial charge in [0.1, 0.15) is 0 Å². The molecule has 1 saturated heterocycles. The first-order chi connectivity index (χ1) is 9.29. The average molecular weight is 262 g/mol. The minimum atomic E-state index is 0.838. The van der Waals surface area contributed by atoms with E-state index in [9.17, 15) is 0 Å². The molecular formula is C16H26N2O. The number of hydrogen-bond acceptors (Lipinski definition) is 3. The second-order valence-corrected chi connectivity index (χ2v) is 5.36. The zero-order valence-corrected chi connectivity index (χ0v) is 12.3. The fourth-order valence-corrected chi connectivity index (χ4v) is 2.58. The number of benzene rings is 1. The lowest BCUT2D eigenvalue weighted by Crippen LogP contribution is -2.40. The maximum absolute atomic E-state index is 5.19. The normalized spacial score (nSPS) is 18.1. The summed E-state index contributed by atoms with van der Waals surface area (Å²) in [4.78, 5) is 5.03. The van der Waals surface area contributed by atoms with Crippen molar-refractivity contribution in [3.05, 3.63) is 29.8 Å². The molecular weight excluding hydrogens is 236 g/mol. The highest BCUT2D eigenvalue weighted by atomic mass is 16.5. The standard InChI is InChI=1S/C16H26N2O/c1-15-5-7-16(8-6-15)18-10-4-3-9-17(11-12-18)13-14-19-2/h5-8H,3-4,9-14H2,1-2H3. The maximum atomic E-state index is 5.19. The van der Waals surface area contributed by atoms with E-state index in [1.165, 1.54) is 37.2 Å². The third-order valence-electron chi connectivity index (χ3n) is 3.85. The van der Waals surface area contributed by atoms with Crippen LogP contribution in [0.5, 0.6) is 0 Å². The number of hydrogen-bond donors (Lipinski definition) is 0. The number of aryl methyl sites for hydroxylation is 1. The number of anilines is 1. The predicted octanol–water partition coefficient (Wildman–Crippen LogP) is 2.54. The van der Waals surface area contributed by atoms with Crippen molar-refractivity contribution in [1.29, 1.82) is 0 Å². The van der Waals surface area contributed by atoms with E-state index in [0.29, 0.717) is 0 Å². The van der Waals surface area contributed by atoms with E-state index >= 15 is 0 Å². The van der Waals surface area contributed by atoms with E-state index in [4.69, 9.17) is 4.74 Å². The van der Waals surface area contributed by atoms with Crippen LogP contribution >= 0.6 is 0 Å². The third-order valence-corrected chi connectivity index (χ3v) is 3.85. The van der Waals surface area contributed by atoms with E-state index in [-0.39, 0.29) is 0 Å². The lowest BCUT2D eigenvalue weighted by molar-refractivity contribution is 0.146. The van der Waals surface area contributed by atoms with Gasteiger partial charge in [-0.15, -0.1) is 0 Å². The van der Waals surface area contributed by atoms with Gasteiger partial charge in [-0.25, -0.2) is 0 Å². The summed E-state index contributed by atoms with van der Waals surface area (Å²) in [7, 11) is 1.78. The van der Waals surface area contributed by atoms with Crippen molar-refractivity contribution < 1.29 is 4.74 Å². The Hall–Kier alpha value is -1.06. The highest BCUT2D eigenvalue weighted by Crippen LogP contribution is 2.17. The molecule has 1 fully saturated rings. The molecule has 3 nitrogen and oxygen atoms in total. The van der Waals surface area contributed by atoms with Crippen molar-refractivity contribution in [2.24, 2.45) is 0 Å². The van der Waals surface area contributed by atoms with Crippen LogP contribution in [-0.4, -0.2) is 51.3 Å². The smallest absolute Gasteiger partial charge is 0.0589 e. The van der Waals surface area contributed by atoms with Gasteiger partial charge in [-0.3, -0.25) is 4.90 Å². The Balaban J connectivity index is 1.92. The number of methoxy groups -OCH3 is 1. The topological polar surface area (TPSA) is 15.7 Å². The van der Waals surface area contributed by atoms with Gasteiger partial charge in [0.05, 0.1) is 6.61 Å². The van der Waals surface area contributed by atoms with E-state index < -0.39 is 0 Å². The van der Waals surface area contributed by atoms with Crippen molar-refractivity contribution in [3.8, 4) is 0 Å². The first kappa shape index (κ1) is 14.4. The van der Waals surface area contributed by atoms with Crippen molar-refractivity contribution >= 4 is 5.69 Å². The summed E-state index contributed by atoms with van der Waals surface area (Å²) in [5, 5.41) is 0. The lowest BCUT2D eigenvalue weighted by atomic mass is 10.1. The molecule has 1 aromatic rings. The molecule has 0 N–H and O–H groups in total. The Kier molecular flexibility index (Phi) is 5.67. The number of nitrogens with zero attached hydrogens (tertiary/aromatic N) is 2. The predicted molar refractivity (Wildman–Crippen MR) is 80.9 cm³/mol. The molecule has 1 heterocycles. The van der Waals surface area contributed by atoms with Crippen LogP contribution in [0.1, 0.15) is 18.4 Å². The molecule has 0 spiro atoms. The van der Waals surface area contributed by atoms with Gasteiger partial charge in [0.15, 0.2) is 0 Å². The maximum Gasteiger partial charge on any atom is 0.0589 e. The van der Waals surface area contributed by atoms with Gasteiger partial charge in [0.2, 0.25) is 0 Å². The van der Waals surface area contributed by atoms with Crippen LogP contribution in [0.3, 0.4) is 0 Å². The molecule has 106 valence electrons. The third kappa shape index (κ3) is 4.51. The molecule has 0 aliphatic carbocycles. The minimum Gasteiger partial charge on any atom is -0.383 e. The van der Waals surface area contributed by atoms with E-state index in [0.717, 1.165) is 26.2 Å². The van der Waals surface area contributed by atoms with Gasteiger partial charge >= 0.3 is 0 Å². The van der Waals surface area contributed by atoms with Gasteiger partial charge < -0.3 is 9.64 Å². The molecule has 0 amide bonds. The quantitative estimate of drug-likeness (QED) is 0.829. The van der Waals surface area contributed by atoms with Crippen LogP contribution in [0, 0.1) is 6.92 Å². The van der Waals surface area contributed by atoms with Gasteiger partial charge in [-0.05, 0) is 38.4 Å². The van der Waals surface area contributed by atoms with Crippen molar-refractivity contribution in [2.45, 2.75) is 19.8 Å². The van der Waals surface area contributed by atoms with Gasteiger partial charge in [0.25, 0.3) is 0 Å². The SMILES string of the molecule is COCCN1CCCCN(c2ccc(C)cc2)CC1. The van der Waals surface area contributed by atoms with E-state index in [1.54, 1.807) is 7.11 Å². The highest BCUT2D eigenvalue weighted by molar-refractivity contribution is 5.47. The minimum absolute atomic E-state index is 0.838. The van der Waals surface area contributed by atoms with Crippen LogP contribution in [0.4, 0.5) is 5.69 Å². The van der Waals surface area contributed by atoms with Crippen LogP contribution in [0.2, 0.25) is 0 Å². The zero-order valence-electron chi connectivity index (χ0n) is 12.3. The summed E-state index contributed by atoms with van der Waals surface area (Å²) >= 11 is 0. The van der Waals surface area contributed by atoms with Crippen LogP contribution < -0.4 is 4.90 Å². The van der Waals surface area contributed by atoms with Gasteiger partial charge in [0, 0.05) is 39.0 Å². The summed E-state index contributed by atoms with van der Waals surface area (Å²) in [6, 6.07) is 8.90. The summed E-state index contributed by atoms with van der Waals surface area (Å²) in [5.41, 5.74) is 2.69. The van der Waals surface area contributed by atoms with Crippen LogP contribution in [0.25, 0.3) is 0 Å². The molecule has 0 bridgehead atoms. The molecule has 1 aromatic carbocycles. The summed E-state index contributed by atoms with van der Waals surface area (Å²) in [6.45, 7) is 8.68. The molecule has 1 aliphatic rings. The zero-order chi connectivity index (χ0) is 13.5. The lowest BCUT2D eigenvalue weighted by Gasteiger charge is -2.32. The molecule has 0 saturated carbocycles. The molecule has 0 unspecified atom stereocenters. The Morgan fingerprint density at radius 1 is 1.00 bits per heavy atom. The molecule has 0 atom stereocenters. The molecule has 3 heteroatoms. The van der Waals surface area contributed by atoms with Gasteiger partial charge in [-0.2, -0.15) is 0 Å². The fraction of sp³-hybridized carbons (Fsp3) is 0.625. The van der Waals surface area contributed by atoms with Crippen molar-refractivity contribution in [3.63, 3.8) is 0 Å². The summed E-state index contributed by atoms with van der Waals surface area (Å²) < 4.78 is 5.19. The Labute approximate surface area is 117 Å². The Morgan fingerprint density at radius 2 is 1.74 bits per heavy atom.